The molecule has 0 aliphatic rings. The number of alkyl halides is 1. The van der Waals surface area contributed by atoms with E-state index in [4.69, 9.17) is 0 Å². The van der Waals surface area contributed by atoms with Crippen molar-refractivity contribution in [1.82, 2.24) is 0 Å². The largest absolute Gasteiger partial charge is 0.269 e. The Labute approximate surface area is 130 Å². The summed E-state index contributed by atoms with van der Waals surface area (Å²) in [6, 6.07) is 17.1. The van der Waals surface area contributed by atoms with E-state index in [1.165, 1.54) is 5.56 Å². The molecule has 0 N–H and O–H groups in total. The second kappa shape index (κ2) is 7.45. The molecule has 3 nitrogen and oxygen atoms in total. The van der Waals surface area contributed by atoms with E-state index < -0.39 is 0 Å². The molecule has 2 aromatic carbocycles. The molecule has 0 saturated carbocycles. The number of thioether (sulfide) groups is 1. The summed E-state index contributed by atoms with van der Waals surface area (Å²) in [5, 5.41) is 11.5. The Balaban J connectivity index is 1.98. The molecule has 2 aromatic rings. The highest BCUT2D eigenvalue weighted by atomic mass is 79.9. The number of nitro groups is 1. The fourth-order valence-electron chi connectivity index (χ4n) is 1.82. The molecule has 0 aromatic heterocycles. The van der Waals surface area contributed by atoms with Crippen LogP contribution in [0.4, 0.5) is 5.69 Å². The highest BCUT2D eigenvalue weighted by Crippen LogP contribution is 2.28. The zero-order valence-corrected chi connectivity index (χ0v) is 13.1. The second-order valence-corrected chi connectivity index (χ2v) is 6.06. The van der Waals surface area contributed by atoms with Crippen molar-refractivity contribution in [3.63, 3.8) is 0 Å². The summed E-state index contributed by atoms with van der Waals surface area (Å²) in [6.45, 7) is 0. The van der Waals surface area contributed by atoms with Crippen molar-refractivity contribution in [3.8, 4) is 0 Å². The number of nitrogens with zero attached hydrogens (tertiary/aromatic N) is 1. The predicted octanol–water partition coefficient (Wildman–Crippen LogP) is 4.87. The van der Waals surface area contributed by atoms with Crippen LogP contribution >= 0.6 is 27.7 Å². The maximum atomic E-state index is 10.6. The third-order valence-corrected chi connectivity index (χ3v) is 4.91. The summed E-state index contributed by atoms with van der Waals surface area (Å²) in [6.07, 6.45) is 0. The van der Waals surface area contributed by atoms with Gasteiger partial charge >= 0.3 is 0 Å². The van der Waals surface area contributed by atoms with Gasteiger partial charge in [0.05, 0.1) is 4.92 Å². The lowest BCUT2D eigenvalue weighted by molar-refractivity contribution is -0.384. The number of halogens is 1. The summed E-state index contributed by atoms with van der Waals surface area (Å²) in [7, 11) is 0. The van der Waals surface area contributed by atoms with Crippen LogP contribution in [0, 0.1) is 10.1 Å². The van der Waals surface area contributed by atoms with Crippen molar-refractivity contribution in [2.45, 2.75) is 10.8 Å². The monoisotopic (exact) mass is 351 g/mol. The number of hydrogen-bond donors (Lipinski definition) is 0. The number of rotatable bonds is 6. The quantitative estimate of drug-likeness (QED) is 0.323. The van der Waals surface area contributed by atoms with Gasteiger partial charge in [-0.2, -0.15) is 0 Å². The molecular weight excluding hydrogens is 338 g/mol. The lowest BCUT2D eigenvalue weighted by Crippen LogP contribution is -2.03. The van der Waals surface area contributed by atoms with E-state index in [0.29, 0.717) is 5.92 Å². The molecule has 0 fully saturated rings. The van der Waals surface area contributed by atoms with Gasteiger partial charge in [0, 0.05) is 34.0 Å². The number of nitro benzene ring substituents is 1. The summed E-state index contributed by atoms with van der Waals surface area (Å²) >= 11 is 5.27. The smallest absolute Gasteiger partial charge is 0.258 e. The Kier molecular flexibility index (Phi) is 5.61. The molecule has 104 valence electrons. The molecule has 5 heteroatoms. The lowest BCUT2D eigenvalue weighted by Gasteiger charge is -2.13. The Bertz CT molecular complexity index is 560. The fraction of sp³-hybridized carbons (Fsp3) is 0.200. The highest BCUT2D eigenvalue weighted by Gasteiger charge is 2.11. The maximum Gasteiger partial charge on any atom is 0.269 e. The Morgan fingerprint density at radius 1 is 1.10 bits per heavy atom. The van der Waals surface area contributed by atoms with Gasteiger partial charge in [0.1, 0.15) is 0 Å². The minimum atomic E-state index is -0.375. The molecule has 0 radical (unpaired) electrons. The minimum Gasteiger partial charge on any atom is -0.258 e. The van der Waals surface area contributed by atoms with Crippen molar-refractivity contribution in [2.24, 2.45) is 0 Å². The third-order valence-electron chi connectivity index (χ3n) is 2.96. The van der Waals surface area contributed by atoms with Crippen LogP contribution in [0.15, 0.2) is 59.5 Å². The van der Waals surface area contributed by atoms with Gasteiger partial charge in [0.2, 0.25) is 0 Å². The zero-order chi connectivity index (χ0) is 14.4. The average Bonchev–Trinajstić information content (AvgIpc) is 2.49. The van der Waals surface area contributed by atoms with Crippen LogP contribution in [0.2, 0.25) is 0 Å². The first-order valence-corrected chi connectivity index (χ1v) is 8.29. The van der Waals surface area contributed by atoms with E-state index in [0.717, 1.165) is 16.0 Å². The number of non-ortho nitro benzene ring substituents is 1. The van der Waals surface area contributed by atoms with Crippen LogP contribution in [0.3, 0.4) is 0 Å². The molecule has 1 unspecified atom stereocenters. The van der Waals surface area contributed by atoms with Gasteiger partial charge in [-0.15, -0.1) is 11.8 Å². The first-order valence-electron chi connectivity index (χ1n) is 6.19. The summed E-state index contributed by atoms with van der Waals surface area (Å²) in [5.41, 5.74) is 1.44. The first kappa shape index (κ1) is 15.1. The van der Waals surface area contributed by atoms with Gasteiger partial charge in [0.15, 0.2) is 0 Å². The Morgan fingerprint density at radius 3 is 2.30 bits per heavy atom. The SMILES string of the molecule is O=[N+]([O-])c1ccc(SCC(CBr)c2ccccc2)cc1. The van der Waals surface area contributed by atoms with Crippen LogP contribution in [0.1, 0.15) is 11.5 Å². The van der Waals surface area contributed by atoms with E-state index in [2.05, 4.69) is 28.1 Å². The van der Waals surface area contributed by atoms with E-state index in [1.807, 2.05) is 18.2 Å². The van der Waals surface area contributed by atoms with Crippen molar-refractivity contribution in [1.29, 1.82) is 0 Å². The average molecular weight is 352 g/mol. The normalized spacial score (nSPS) is 12.1. The topological polar surface area (TPSA) is 43.1 Å². The molecule has 0 heterocycles. The molecule has 0 aliphatic heterocycles. The maximum absolute atomic E-state index is 10.6. The molecule has 2 rings (SSSR count). The van der Waals surface area contributed by atoms with Gasteiger partial charge < -0.3 is 0 Å². The van der Waals surface area contributed by atoms with Crippen molar-refractivity contribution < 1.29 is 4.92 Å². The number of hydrogen-bond acceptors (Lipinski definition) is 3. The van der Waals surface area contributed by atoms with E-state index in [-0.39, 0.29) is 10.6 Å². The lowest BCUT2D eigenvalue weighted by atomic mass is 10.0. The van der Waals surface area contributed by atoms with Crippen LogP contribution in [-0.2, 0) is 0 Å². The predicted molar refractivity (Wildman–Crippen MR) is 86.8 cm³/mol. The summed E-state index contributed by atoms with van der Waals surface area (Å²) in [5.74, 6) is 1.36. The van der Waals surface area contributed by atoms with E-state index in [1.54, 1.807) is 36.0 Å². The third kappa shape index (κ3) is 4.08. The zero-order valence-electron chi connectivity index (χ0n) is 10.7. The molecule has 0 aliphatic carbocycles. The van der Waals surface area contributed by atoms with Crippen LogP contribution in [0.25, 0.3) is 0 Å². The van der Waals surface area contributed by atoms with Crippen molar-refractivity contribution in [3.05, 3.63) is 70.3 Å². The molecule has 20 heavy (non-hydrogen) atoms. The second-order valence-electron chi connectivity index (χ2n) is 4.32. The minimum absolute atomic E-state index is 0.134. The standard InChI is InChI=1S/C15H14BrNO2S/c16-10-13(12-4-2-1-3-5-12)11-20-15-8-6-14(7-9-15)17(18)19/h1-9,13H,10-11H2. The van der Waals surface area contributed by atoms with Gasteiger partial charge in [-0.25, -0.2) is 0 Å². The molecule has 0 spiro atoms. The number of benzene rings is 2. The first-order chi connectivity index (χ1) is 9.70. The van der Waals surface area contributed by atoms with Crippen molar-refractivity contribution >= 4 is 33.4 Å². The van der Waals surface area contributed by atoms with Gasteiger partial charge in [-0.05, 0) is 17.7 Å². The van der Waals surface area contributed by atoms with E-state index >= 15 is 0 Å². The molecule has 0 saturated heterocycles. The van der Waals surface area contributed by atoms with Gasteiger partial charge in [-0.1, -0.05) is 46.3 Å². The molecule has 0 amide bonds. The molecule has 1 atom stereocenters. The Morgan fingerprint density at radius 2 is 1.75 bits per heavy atom. The fourth-order valence-corrected chi connectivity index (χ4v) is 3.75. The van der Waals surface area contributed by atoms with Crippen LogP contribution in [-0.4, -0.2) is 16.0 Å². The summed E-state index contributed by atoms with van der Waals surface area (Å²) < 4.78 is 0. The molecular formula is C15H14BrNO2S. The highest BCUT2D eigenvalue weighted by molar-refractivity contribution is 9.09. The van der Waals surface area contributed by atoms with Gasteiger partial charge in [0.25, 0.3) is 5.69 Å². The summed E-state index contributed by atoms with van der Waals surface area (Å²) in [4.78, 5) is 11.3. The Hall–Kier alpha value is -1.33. The van der Waals surface area contributed by atoms with E-state index in [9.17, 15) is 10.1 Å². The molecule has 0 bridgehead atoms. The van der Waals surface area contributed by atoms with Crippen LogP contribution in [0.5, 0.6) is 0 Å². The van der Waals surface area contributed by atoms with Gasteiger partial charge in [-0.3, -0.25) is 10.1 Å². The van der Waals surface area contributed by atoms with Crippen LogP contribution < -0.4 is 0 Å². The van der Waals surface area contributed by atoms with Crippen molar-refractivity contribution in [2.75, 3.05) is 11.1 Å².